The second-order valence-corrected chi connectivity index (χ2v) is 15.2. The Labute approximate surface area is 319 Å². The SMILES string of the molecule is CC1(C)c2ccccc2-c2ccc(-c3nc(-c4ccccc4)nc(-c4cccc(-c5ccc6ccc7ccc8c9ccccc9ccc8c7c6c5)c4)n3)cc21. The molecule has 0 aliphatic heterocycles. The molecule has 258 valence electrons. The molecule has 0 saturated carbocycles. The van der Waals surface area contributed by atoms with Crippen LogP contribution >= 0.6 is 0 Å². The largest absolute Gasteiger partial charge is 0.208 e. The summed E-state index contributed by atoms with van der Waals surface area (Å²) in [5, 5.41) is 10.1. The van der Waals surface area contributed by atoms with Crippen LogP contribution in [0, 0.1) is 0 Å². The summed E-state index contributed by atoms with van der Waals surface area (Å²) in [6, 6.07) is 63.3. The Balaban J connectivity index is 1.06. The van der Waals surface area contributed by atoms with Crippen molar-refractivity contribution in [3.8, 4) is 56.4 Å². The lowest BCUT2D eigenvalue weighted by Gasteiger charge is -2.21. The van der Waals surface area contributed by atoms with E-state index >= 15 is 0 Å². The Hall–Kier alpha value is -6.97. The molecule has 1 heterocycles. The molecule has 11 rings (SSSR count). The standard InChI is InChI=1S/C52H35N3/c1-52(2)46-18-9-8-17-42(46)43-27-25-39(31-47(43)52)51-54-49(35-12-4-3-5-13-35)53-50(55-51)38-15-10-14-36(29-38)37-22-20-33-19-21-34-24-26-41-40-16-7-6-11-32(40)23-28-44(41)48(34)45(33)30-37/h3-31H,1-2H3. The van der Waals surface area contributed by atoms with E-state index in [1.54, 1.807) is 0 Å². The van der Waals surface area contributed by atoms with Gasteiger partial charge in [0.05, 0.1) is 0 Å². The summed E-state index contributed by atoms with van der Waals surface area (Å²) < 4.78 is 0. The van der Waals surface area contributed by atoms with Crippen molar-refractivity contribution in [2.45, 2.75) is 19.3 Å². The molecular formula is C52H35N3. The number of benzene rings is 9. The molecule has 10 aromatic rings. The molecule has 0 N–H and O–H groups in total. The van der Waals surface area contributed by atoms with Crippen LogP contribution in [0.15, 0.2) is 176 Å². The van der Waals surface area contributed by atoms with Gasteiger partial charge in [-0.05, 0) is 94.7 Å². The number of hydrogen-bond donors (Lipinski definition) is 0. The predicted molar refractivity (Wildman–Crippen MR) is 229 cm³/mol. The highest BCUT2D eigenvalue weighted by Gasteiger charge is 2.35. The van der Waals surface area contributed by atoms with Gasteiger partial charge in [-0.3, -0.25) is 0 Å². The van der Waals surface area contributed by atoms with E-state index in [0.29, 0.717) is 17.5 Å². The summed E-state index contributed by atoms with van der Waals surface area (Å²) in [5.74, 6) is 1.98. The van der Waals surface area contributed by atoms with Gasteiger partial charge in [0, 0.05) is 22.1 Å². The molecule has 0 spiro atoms. The maximum absolute atomic E-state index is 5.18. The van der Waals surface area contributed by atoms with Crippen LogP contribution in [0.2, 0.25) is 0 Å². The number of nitrogens with zero attached hydrogens (tertiary/aromatic N) is 3. The third-order valence-corrected chi connectivity index (χ3v) is 11.7. The highest BCUT2D eigenvalue weighted by molar-refractivity contribution is 6.25. The smallest absolute Gasteiger partial charge is 0.164 e. The third-order valence-electron chi connectivity index (χ3n) is 11.7. The number of hydrogen-bond acceptors (Lipinski definition) is 3. The zero-order valence-electron chi connectivity index (χ0n) is 30.6. The van der Waals surface area contributed by atoms with Gasteiger partial charge in [0.25, 0.3) is 0 Å². The van der Waals surface area contributed by atoms with Crippen molar-refractivity contribution < 1.29 is 0 Å². The molecule has 0 radical (unpaired) electrons. The molecule has 0 amide bonds. The minimum absolute atomic E-state index is 0.125. The lowest BCUT2D eigenvalue weighted by atomic mass is 9.82. The molecule has 55 heavy (non-hydrogen) atoms. The second kappa shape index (κ2) is 12.0. The highest BCUT2D eigenvalue weighted by atomic mass is 15.0. The van der Waals surface area contributed by atoms with Gasteiger partial charge in [-0.1, -0.05) is 172 Å². The van der Waals surface area contributed by atoms with Crippen molar-refractivity contribution in [2.75, 3.05) is 0 Å². The van der Waals surface area contributed by atoms with Gasteiger partial charge >= 0.3 is 0 Å². The molecule has 9 aromatic carbocycles. The van der Waals surface area contributed by atoms with E-state index in [2.05, 4.69) is 172 Å². The van der Waals surface area contributed by atoms with Crippen LogP contribution in [0.1, 0.15) is 25.0 Å². The number of aromatic nitrogens is 3. The van der Waals surface area contributed by atoms with E-state index in [1.807, 2.05) is 18.2 Å². The summed E-state index contributed by atoms with van der Waals surface area (Å²) in [4.78, 5) is 15.4. The van der Waals surface area contributed by atoms with Crippen LogP contribution in [-0.4, -0.2) is 15.0 Å². The van der Waals surface area contributed by atoms with Crippen molar-refractivity contribution in [2.24, 2.45) is 0 Å². The van der Waals surface area contributed by atoms with Gasteiger partial charge in [0.1, 0.15) is 0 Å². The fourth-order valence-electron chi connectivity index (χ4n) is 8.85. The third kappa shape index (κ3) is 5.01. The Morgan fingerprint density at radius 1 is 0.327 bits per heavy atom. The first-order valence-corrected chi connectivity index (χ1v) is 18.9. The van der Waals surface area contributed by atoms with Crippen LogP contribution in [0.25, 0.3) is 99.5 Å². The van der Waals surface area contributed by atoms with Gasteiger partial charge in [0.2, 0.25) is 0 Å². The molecule has 3 heteroatoms. The van der Waals surface area contributed by atoms with Crippen LogP contribution in [-0.2, 0) is 5.41 Å². The summed E-state index contributed by atoms with van der Waals surface area (Å²) in [5.41, 5.74) is 10.2. The molecule has 1 aliphatic carbocycles. The van der Waals surface area contributed by atoms with Crippen LogP contribution in [0.5, 0.6) is 0 Å². The van der Waals surface area contributed by atoms with E-state index in [1.165, 1.54) is 65.3 Å². The lowest BCUT2D eigenvalue weighted by Crippen LogP contribution is -2.15. The molecule has 0 bridgehead atoms. The monoisotopic (exact) mass is 701 g/mol. The fourth-order valence-corrected chi connectivity index (χ4v) is 8.85. The van der Waals surface area contributed by atoms with E-state index in [-0.39, 0.29) is 5.41 Å². The van der Waals surface area contributed by atoms with Gasteiger partial charge in [0.15, 0.2) is 17.5 Å². The molecule has 0 unspecified atom stereocenters. The van der Waals surface area contributed by atoms with E-state index in [9.17, 15) is 0 Å². The zero-order chi connectivity index (χ0) is 36.7. The number of rotatable bonds is 4. The molecule has 1 aromatic heterocycles. The quantitative estimate of drug-likeness (QED) is 0.171. The van der Waals surface area contributed by atoms with Crippen LogP contribution in [0.4, 0.5) is 0 Å². The van der Waals surface area contributed by atoms with Crippen molar-refractivity contribution in [3.05, 3.63) is 187 Å². The normalized spacial score (nSPS) is 13.1. The zero-order valence-corrected chi connectivity index (χ0v) is 30.6. The first-order valence-electron chi connectivity index (χ1n) is 18.9. The van der Waals surface area contributed by atoms with Crippen molar-refractivity contribution in [3.63, 3.8) is 0 Å². The first kappa shape index (κ1) is 31.5. The first-order chi connectivity index (χ1) is 27.0. The van der Waals surface area contributed by atoms with Gasteiger partial charge in [-0.2, -0.15) is 0 Å². The number of fused-ring (bicyclic) bond motifs is 10. The maximum atomic E-state index is 5.18. The van der Waals surface area contributed by atoms with Gasteiger partial charge in [-0.15, -0.1) is 0 Å². The van der Waals surface area contributed by atoms with Crippen LogP contribution < -0.4 is 0 Å². The van der Waals surface area contributed by atoms with Gasteiger partial charge < -0.3 is 0 Å². The molecular weight excluding hydrogens is 667 g/mol. The summed E-state index contributed by atoms with van der Waals surface area (Å²) in [7, 11) is 0. The Kier molecular flexibility index (Phi) is 6.90. The minimum Gasteiger partial charge on any atom is -0.208 e. The van der Waals surface area contributed by atoms with Crippen molar-refractivity contribution >= 4 is 43.1 Å². The lowest BCUT2D eigenvalue weighted by molar-refractivity contribution is 0.660. The Morgan fingerprint density at radius 3 is 1.76 bits per heavy atom. The van der Waals surface area contributed by atoms with E-state index in [4.69, 9.17) is 15.0 Å². The highest BCUT2D eigenvalue weighted by Crippen LogP contribution is 2.49. The topological polar surface area (TPSA) is 38.7 Å². The Morgan fingerprint density at radius 2 is 0.891 bits per heavy atom. The molecule has 3 nitrogen and oxygen atoms in total. The minimum atomic E-state index is -0.125. The Bertz CT molecular complexity index is 3180. The molecule has 1 aliphatic rings. The molecule has 0 atom stereocenters. The molecule has 0 fully saturated rings. The predicted octanol–water partition coefficient (Wildman–Crippen LogP) is 13.5. The second-order valence-electron chi connectivity index (χ2n) is 15.2. The summed E-state index contributed by atoms with van der Waals surface area (Å²) in [6.45, 7) is 4.61. The average molecular weight is 702 g/mol. The van der Waals surface area contributed by atoms with Gasteiger partial charge in [-0.25, -0.2) is 15.0 Å². The van der Waals surface area contributed by atoms with Crippen molar-refractivity contribution in [1.29, 1.82) is 0 Å². The van der Waals surface area contributed by atoms with Crippen molar-refractivity contribution in [1.82, 2.24) is 15.0 Å². The maximum Gasteiger partial charge on any atom is 0.164 e. The average Bonchev–Trinajstić information content (AvgIpc) is 3.48. The summed E-state index contributed by atoms with van der Waals surface area (Å²) in [6.07, 6.45) is 0. The van der Waals surface area contributed by atoms with E-state index in [0.717, 1.165) is 27.8 Å². The fraction of sp³-hybridized carbons (Fsp3) is 0.0577. The van der Waals surface area contributed by atoms with E-state index < -0.39 is 0 Å². The molecule has 0 saturated heterocycles. The van der Waals surface area contributed by atoms with Crippen LogP contribution in [0.3, 0.4) is 0 Å². The summed E-state index contributed by atoms with van der Waals surface area (Å²) >= 11 is 0.